The number of benzene rings is 2. The number of nitrogens with one attached hydrogen (secondary N) is 2. The molecule has 0 aliphatic heterocycles. The highest BCUT2D eigenvalue weighted by molar-refractivity contribution is 14.1. The molecule has 2 N–H and O–H groups in total. The molecule has 1 heterocycles. The Hall–Kier alpha value is -2.22. The molecule has 0 aliphatic carbocycles. The molecule has 0 fully saturated rings. The Balaban J connectivity index is 1.68. The summed E-state index contributed by atoms with van der Waals surface area (Å²) >= 11 is 2.19. The van der Waals surface area contributed by atoms with E-state index in [2.05, 4.69) is 37.9 Å². The SMILES string of the molecule is O=C(CCc1nc2ccccc2c(=O)[nH]1)Nc1cccc(I)c1. The van der Waals surface area contributed by atoms with E-state index >= 15 is 0 Å². The summed E-state index contributed by atoms with van der Waals surface area (Å²) in [4.78, 5) is 31.1. The van der Waals surface area contributed by atoms with Gasteiger partial charge in [-0.05, 0) is 52.9 Å². The first kappa shape index (κ1) is 15.7. The lowest BCUT2D eigenvalue weighted by molar-refractivity contribution is -0.116. The minimum Gasteiger partial charge on any atom is -0.326 e. The summed E-state index contributed by atoms with van der Waals surface area (Å²) in [6.07, 6.45) is 0.641. The van der Waals surface area contributed by atoms with E-state index in [1.165, 1.54) is 0 Å². The summed E-state index contributed by atoms with van der Waals surface area (Å²) in [6.45, 7) is 0. The molecule has 0 radical (unpaired) electrons. The van der Waals surface area contributed by atoms with E-state index in [0.717, 1.165) is 9.26 Å². The third kappa shape index (κ3) is 3.95. The van der Waals surface area contributed by atoms with Gasteiger partial charge in [-0.2, -0.15) is 0 Å². The van der Waals surface area contributed by atoms with Crippen molar-refractivity contribution in [3.63, 3.8) is 0 Å². The van der Waals surface area contributed by atoms with Gasteiger partial charge in [-0.1, -0.05) is 18.2 Å². The van der Waals surface area contributed by atoms with Crippen molar-refractivity contribution in [2.24, 2.45) is 0 Å². The Morgan fingerprint density at radius 1 is 1.17 bits per heavy atom. The molecule has 0 saturated heterocycles. The number of hydrogen-bond acceptors (Lipinski definition) is 3. The Kier molecular flexibility index (Phi) is 4.71. The smallest absolute Gasteiger partial charge is 0.258 e. The highest BCUT2D eigenvalue weighted by Crippen LogP contribution is 2.13. The van der Waals surface area contributed by atoms with Crippen molar-refractivity contribution < 1.29 is 4.79 Å². The number of anilines is 1. The Morgan fingerprint density at radius 3 is 2.83 bits per heavy atom. The van der Waals surface area contributed by atoms with E-state index in [1.807, 2.05) is 30.3 Å². The van der Waals surface area contributed by atoms with Crippen molar-refractivity contribution in [1.29, 1.82) is 0 Å². The summed E-state index contributed by atoms with van der Waals surface area (Å²) in [5, 5.41) is 3.40. The molecule has 1 aromatic heterocycles. The second-order valence-corrected chi connectivity index (χ2v) is 6.33. The number of halogens is 1. The molecule has 1 amide bonds. The van der Waals surface area contributed by atoms with Gasteiger partial charge in [0, 0.05) is 22.1 Å². The van der Waals surface area contributed by atoms with Crippen molar-refractivity contribution in [3.8, 4) is 0 Å². The molecule has 0 unspecified atom stereocenters. The zero-order valence-electron chi connectivity index (χ0n) is 12.2. The number of nitrogens with zero attached hydrogens (tertiary/aromatic N) is 1. The van der Waals surface area contributed by atoms with Crippen LogP contribution in [0.1, 0.15) is 12.2 Å². The number of aromatic nitrogens is 2. The normalized spacial score (nSPS) is 10.7. The van der Waals surface area contributed by atoms with Crippen LogP contribution in [0.2, 0.25) is 0 Å². The molecule has 0 atom stereocenters. The molecule has 0 aliphatic rings. The first-order valence-corrected chi connectivity index (χ1v) is 8.23. The number of rotatable bonds is 4. The van der Waals surface area contributed by atoms with Gasteiger partial charge in [0.15, 0.2) is 0 Å². The average molecular weight is 419 g/mol. The molecule has 0 spiro atoms. The zero-order valence-corrected chi connectivity index (χ0v) is 14.3. The minimum absolute atomic E-state index is 0.109. The fraction of sp³-hybridized carbons (Fsp3) is 0.118. The fourth-order valence-electron chi connectivity index (χ4n) is 2.27. The maximum absolute atomic E-state index is 12.0. The van der Waals surface area contributed by atoms with Crippen LogP contribution in [0, 0.1) is 3.57 Å². The third-order valence-corrected chi connectivity index (χ3v) is 4.03. The standard InChI is InChI=1S/C17H14IN3O2/c18-11-4-3-5-12(10-11)19-16(22)9-8-15-20-14-7-2-1-6-13(14)17(23)21-15/h1-7,10H,8-9H2,(H,19,22)(H,20,21,23). The van der Waals surface area contributed by atoms with Gasteiger partial charge in [0.05, 0.1) is 10.9 Å². The molecule has 2 aromatic carbocycles. The van der Waals surface area contributed by atoms with Gasteiger partial charge in [0.1, 0.15) is 5.82 Å². The van der Waals surface area contributed by atoms with Crippen molar-refractivity contribution >= 4 is 45.1 Å². The largest absolute Gasteiger partial charge is 0.326 e. The van der Waals surface area contributed by atoms with Crippen LogP contribution in [0.25, 0.3) is 10.9 Å². The van der Waals surface area contributed by atoms with Gasteiger partial charge in [-0.3, -0.25) is 9.59 Å². The van der Waals surface area contributed by atoms with Gasteiger partial charge in [-0.15, -0.1) is 0 Å². The average Bonchev–Trinajstić information content (AvgIpc) is 2.53. The predicted octanol–water partition coefficient (Wildman–Crippen LogP) is 3.10. The number of aryl methyl sites for hydroxylation is 1. The van der Waals surface area contributed by atoms with Crippen LogP contribution in [-0.4, -0.2) is 15.9 Å². The first-order valence-electron chi connectivity index (χ1n) is 7.15. The number of para-hydroxylation sites is 1. The maximum atomic E-state index is 12.0. The van der Waals surface area contributed by atoms with Crippen LogP contribution < -0.4 is 10.9 Å². The summed E-state index contributed by atoms with van der Waals surface area (Å²) in [7, 11) is 0. The molecule has 0 bridgehead atoms. The number of carbonyl (C=O) groups is 1. The van der Waals surface area contributed by atoms with Crippen LogP contribution >= 0.6 is 22.6 Å². The Morgan fingerprint density at radius 2 is 2.00 bits per heavy atom. The number of hydrogen-bond donors (Lipinski definition) is 2. The highest BCUT2D eigenvalue weighted by Gasteiger charge is 2.07. The zero-order chi connectivity index (χ0) is 16.2. The maximum Gasteiger partial charge on any atom is 0.258 e. The lowest BCUT2D eigenvalue weighted by atomic mass is 10.2. The van der Waals surface area contributed by atoms with Crippen molar-refractivity contribution in [2.45, 2.75) is 12.8 Å². The van der Waals surface area contributed by atoms with Gasteiger partial charge >= 0.3 is 0 Å². The van der Waals surface area contributed by atoms with Gasteiger partial charge < -0.3 is 10.3 Å². The summed E-state index contributed by atoms with van der Waals surface area (Å²) in [5.74, 6) is 0.411. The van der Waals surface area contributed by atoms with E-state index in [-0.39, 0.29) is 17.9 Å². The molecule has 23 heavy (non-hydrogen) atoms. The fourth-order valence-corrected chi connectivity index (χ4v) is 2.82. The minimum atomic E-state index is -0.177. The summed E-state index contributed by atoms with van der Waals surface area (Å²) < 4.78 is 1.06. The van der Waals surface area contributed by atoms with E-state index in [0.29, 0.717) is 23.1 Å². The van der Waals surface area contributed by atoms with Gasteiger partial charge in [0.25, 0.3) is 5.56 Å². The summed E-state index contributed by atoms with van der Waals surface area (Å²) in [5.41, 5.74) is 1.23. The lowest BCUT2D eigenvalue weighted by Crippen LogP contribution is -2.16. The van der Waals surface area contributed by atoms with Crippen LogP contribution in [0.3, 0.4) is 0 Å². The molecular weight excluding hydrogens is 405 g/mol. The first-order chi connectivity index (χ1) is 11.1. The highest BCUT2D eigenvalue weighted by atomic mass is 127. The molecule has 5 nitrogen and oxygen atoms in total. The monoisotopic (exact) mass is 419 g/mol. The number of aromatic amines is 1. The number of fused-ring (bicyclic) bond motifs is 1. The summed E-state index contributed by atoms with van der Waals surface area (Å²) in [6, 6.07) is 14.7. The molecule has 116 valence electrons. The van der Waals surface area contributed by atoms with Crippen LogP contribution in [0.4, 0.5) is 5.69 Å². The lowest BCUT2D eigenvalue weighted by Gasteiger charge is -2.06. The van der Waals surface area contributed by atoms with E-state index < -0.39 is 0 Å². The number of carbonyl (C=O) groups excluding carboxylic acids is 1. The van der Waals surface area contributed by atoms with E-state index in [4.69, 9.17) is 0 Å². The van der Waals surface area contributed by atoms with Crippen molar-refractivity contribution in [1.82, 2.24) is 9.97 Å². The number of amides is 1. The molecule has 3 rings (SSSR count). The van der Waals surface area contributed by atoms with Crippen LogP contribution in [-0.2, 0) is 11.2 Å². The van der Waals surface area contributed by atoms with Gasteiger partial charge in [-0.25, -0.2) is 4.98 Å². The van der Waals surface area contributed by atoms with Crippen molar-refractivity contribution in [3.05, 3.63) is 68.3 Å². The topological polar surface area (TPSA) is 74.8 Å². The molecule has 0 saturated carbocycles. The van der Waals surface area contributed by atoms with E-state index in [1.54, 1.807) is 18.2 Å². The van der Waals surface area contributed by atoms with E-state index in [9.17, 15) is 9.59 Å². The molecule has 6 heteroatoms. The number of H-pyrrole nitrogens is 1. The second kappa shape index (κ2) is 6.91. The molecular formula is C17H14IN3O2. The predicted molar refractivity (Wildman–Crippen MR) is 98.5 cm³/mol. The quantitative estimate of drug-likeness (QED) is 0.639. The van der Waals surface area contributed by atoms with Crippen LogP contribution in [0.5, 0.6) is 0 Å². The third-order valence-electron chi connectivity index (χ3n) is 3.36. The Labute approximate surface area is 146 Å². The van der Waals surface area contributed by atoms with Crippen LogP contribution in [0.15, 0.2) is 53.3 Å². The Bertz CT molecular complexity index is 921. The van der Waals surface area contributed by atoms with Gasteiger partial charge in [0.2, 0.25) is 5.91 Å². The molecule has 3 aromatic rings. The van der Waals surface area contributed by atoms with Crippen molar-refractivity contribution in [2.75, 3.05) is 5.32 Å². The second-order valence-electron chi connectivity index (χ2n) is 5.09.